The van der Waals surface area contributed by atoms with Crippen molar-refractivity contribution in [2.24, 2.45) is 11.7 Å². The van der Waals surface area contributed by atoms with Gasteiger partial charge in [-0.1, -0.05) is 13.8 Å². The molecule has 17 heavy (non-hydrogen) atoms. The Morgan fingerprint density at radius 3 is 2.12 bits per heavy atom. The molecule has 1 amide bonds. The van der Waals surface area contributed by atoms with Crippen molar-refractivity contribution >= 4 is 11.9 Å². The van der Waals surface area contributed by atoms with Crippen molar-refractivity contribution in [1.29, 1.82) is 0 Å². The zero-order valence-electron chi connectivity index (χ0n) is 11.1. The Hall–Kier alpha value is -1.10. The van der Waals surface area contributed by atoms with E-state index in [-0.39, 0.29) is 24.9 Å². The predicted molar refractivity (Wildman–Crippen MR) is 66.5 cm³/mol. The summed E-state index contributed by atoms with van der Waals surface area (Å²) in [6, 6.07) is -0.564. The van der Waals surface area contributed by atoms with Crippen molar-refractivity contribution in [2.45, 2.75) is 52.6 Å². The normalized spacial score (nSPS) is 12.9. The topological polar surface area (TPSA) is 83.6 Å². The highest BCUT2D eigenvalue weighted by Gasteiger charge is 2.24. The van der Waals surface area contributed by atoms with Crippen LogP contribution in [0.15, 0.2) is 0 Å². The number of carbonyl (C=O) groups excluding carboxylic acids is 1. The average molecular weight is 244 g/mol. The molecule has 0 aromatic carbocycles. The molecule has 0 saturated carbocycles. The number of aliphatic carboxylic acids is 1. The highest BCUT2D eigenvalue weighted by molar-refractivity contribution is 5.82. The van der Waals surface area contributed by atoms with Crippen LogP contribution < -0.4 is 5.73 Å². The fraction of sp³-hybridized carbons (Fsp3) is 0.833. The summed E-state index contributed by atoms with van der Waals surface area (Å²) in [6.45, 7) is 7.95. The van der Waals surface area contributed by atoms with Crippen LogP contribution in [0.5, 0.6) is 0 Å². The summed E-state index contributed by atoms with van der Waals surface area (Å²) in [7, 11) is 0. The van der Waals surface area contributed by atoms with Crippen LogP contribution in [0.2, 0.25) is 0 Å². The molecule has 0 aliphatic carbocycles. The Labute approximate surface area is 103 Å². The number of amides is 1. The summed E-state index contributed by atoms with van der Waals surface area (Å²) in [5.74, 6) is -0.710. The van der Waals surface area contributed by atoms with Crippen LogP contribution in [0.1, 0.15) is 40.5 Å². The fourth-order valence-corrected chi connectivity index (χ4v) is 1.66. The molecule has 3 N–H and O–H groups in total. The highest BCUT2D eigenvalue weighted by Crippen LogP contribution is 2.09. The zero-order chi connectivity index (χ0) is 13.6. The quantitative estimate of drug-likeness (QED) is 0.701. The lowest BCUT2D eigenvalue weighted by Crippen LogP contribution is -2.48. The molecule has 0 aromatic rings. The number of rotatable bonds is 7. The van der Waals surface area contributed by atoms with Crippen molar-refractivity contribution < 1.29 is 14.7 Å². The van der Waals surface area contributed by atoms with Gasteiger partial charge in [-0.2, -0.15) is 0 Å². The molecule has 0 saturated heterocycles. The van der Waals surface area contributed by atoms with Crippen LogP contribution in [0, 0.1) is 5.92 Å². The van der Waals surface area contributed by atoms with E-state index in [9.17, 15) is 9.59 Å². The molecule has 0 spiro atoms. The van der Waals surface area contributed by atoms with E-state index in [1.807, 2.05) is 27.7 Å². The van der Waals surface area contributed by atoms with E-state index in [0.29, 0.717) is 12.3 Å². The minimum atomic E-state index is -0.902. The maximum atomic E-state index is 12.0. The molecule has 0 heterocycles. The number of nitrogens with zero attached hydrogens (tertiary/aromatic N) is 1. The number of carbonyl (C=O) groups is 2. The second-order valence-electron chi connectivity index (χ2n) is 5.01. The molecule has 0 aromatic heterocycles. The summed E-state index contributed by atoms with van der Waals surface area (Å²) >= 11 is 0. The minimum absolute atomic E-state index is 0.0277. The molecule has 0 unspecified atom stereocenters. The van der Waals surface area contributed by atoms with E-state index in [0.717, 1.165) is 0 Å². The van der Waals surface area contributed by atoms with Gasteiger partial charge < -0.3 is 15.7 Å². The molecular weight excluding hydrogens is 220 g/mol. The molecule has 0 aliphatic rings. The maximum Gasteiger partial charge on any atom is 0.305 e. The van der Waals surface area contributed by atoms with Gasteiger partial charge in [0.25, 0.3) is 0 Å². The summed E-state index contributed by atoms with van der Waals surface area (Å²) in [5.41, 5.74) is 5.82. The van der Waals surface area contributed by atoms with Gasteiger partial charge in [0.05, 0.1) is 12.5 Å². The molecule has 0 aliphatic heterocycles. The first kappa shape index (κ1) is 15.9. The molecule has 1 atom stereocenters. The Bertz CT molecular complexity index is 264. The predicted octanol–water partition coefficient (Wildman–Crippen LogP) is 1.07. The number of carboxylic acids is 1. The van der Waals surface area contributed by atoms with Crippen LogP contribution in [0.4, 0.5) is 0 Å². The van der Waals surface area contributed by atoms with Crippen molar-refractivity contribution in [3.8, 4) is 0 Å². The van der Waals surface area contributed by atoms with Crippen LogP contribution in [-0.4, -0.2) is 40.5 Å². The van der Waals surface area contributed by atoms with Crippen LogP contribution in [0.25, 0.3) is 0 Å². The largest absolute Gasteiger partial charge is 0.481 e. The smallest absolute Gasteiger partial charge is 0.305 e. The minimum Gasteiger partial charge on any atom is -0.481 e. The third-order valence-corrected chi connectivity index (χ3v) is 2.52. The van der Waals surface area contributed by atoms with Crippen molar-refractivity contribution in [1.82, 2.24) is 4.90 Å². The first-order chi connectivity index (χ1) is 7.75. The van der Waals surface area contributed by atoms with Gasteiger partial charge >= 0.3 is 5.97 Å². The van der Waals surface area contributed by atoms with Gasteiger partial charge in [0, 0.05) is 12.6 Å². The Morgan fingerprint density at radius 1 is 1.24 bits per heavy atom. The number of carboxylic acid groups (broad SMARTS) is 1. The lowest BCUT2D eigenvalue weighted by Gasteiger charge is -2.29. The summed E-state index contributed by atoms with van der Waals surface area (Å²) in [6.07, 6.45) is 0.577. The second kappa shape index (κ2) is 7.27. The van der Waals surface area contributed by atoms with Gasteiger partial charge in [0.15, 0.2) is 0 Å². The lowest BCUT2D eigenvalue weighted by atomic mass is 10.0. The molecule has 0 fully saturated rings. The average Bonchev–Trinajstić information content (AvgIpc) is 2.15. The maximum absolute atomic E-state index is 12.0. The van der Waals surface area contributed by atoms with E-state index >= 15 is 0 Å². The number of hydrogen-bond donors (Lipinski definition) is 2. The summed E-state index contributed by atoms with van der Waals surface area (Å²) < 4.78 is 0. The first-order valence-corrected chi connectivity index (χ1v) is 6.03. The number of hydrogen-bond acceptors (Lipinski definition) is 3. The van der Waals surface area contributed by atoms with Crippen LogP contribution in [0.3, 0.4) is 0 Å². The van der Waals surface area contributed by atoms with Gasteiger partial charge in [-0.3, -0.25) is 9.59 Å². The van der Waals surface area contributed by atoms with Crippen molar-refractivity contribution in [2.75, 3.05) is 6.54 Å². The molecule has 5 nitrogen and oxygen atoms in total. The van der Waals surface area contributed by atoms with Crippen LogP contribution >= 0.6 is 0 Å². The van der Waals surface area contributed by atoms with Gasteiger partial charge in [0.1, 0.15) is 0 Å². The van der Waals surface area contributed by atoms with Crippen molar-refractivity contribution in [3.63, 3.8) is 0 Å². The van der Waals surface area contributed by atoms with Gasteiger partial charge in [-0.25, -0.2) is 0 Å². The van der Waals surface area contributed by atoms with Crippen LogP contribution in [-0.2, 0) is 9.59 Å². The Kier molecular flexibility index (Phi) is 6.80. The van der Waals surface area contributed by atoms with E-state index in [4.69, 9.17) is 10.8 Å². The van der Waals surface area contributed by atoms with Gasteiger partial charge in [0.2, 0.25) is 5.91 Å². The molecule has 0 radical (unpaired) electrons. The monoisotopic (exact) mass is 244 g/mol. The third-order valence-electron chi connectivity index (χ3n) is 2.52. The zero-order valence-corrected chi connectivity index (χ0v) is 11.1. The molecule has 0 bridgehead atoms. The standard InChI is InChI=1S/C12H24N2O3/c1-8(2)7-10(13)12(17)14(9(3)4)6-5-11(15)16/h8-10H,5-7,13H2,1-4H3,(H,15,16)/t10-/m0/s1. The van der Waals surface area contributed by atoms with Gasteiger partial charge in [-0.15, -0.1) is 0 Å². The van der Waals surface area contributed by atoms with Gasteiger partial charge in [-0.05, 0) is 26.2 Å². The SMILES string of the molecule is CC(C)C[C@H](N)C(=O)N(CCC(=O)O)C(C)C. The molecule has 5 heteroatoms. The molecule has 0 rings (SSSR count). The van der Waals surface area contributed by atoms with E-state index in [1.54, 1.807) is 4.90 Å². The first-order valence-electron chi connectivity index (χ1n) is 6.03. The molecule has 100 valence electrons. The summed E-state index contributed by atoms with van der Waals surface area (Å²) in [5, 5.41) is 8.64. The molecular formula is C12H24N2O3. The fourth-order valence-electron chi connectivity index (χ4n) is 1.66. The Balaban J connectivity index is 4.48. The van der Waals surface area contributed by atoms with Crippen molar-refractivity contribution in [3.05, 3.63) is 0 Å². The second-order valence-corrected chi connectivity index (χ2v) is 5.01. The van der Waals surface area contributed by atoms with E-state index in [1.165, 1.54) is 0 Å². The summed E-state index contributed by atoms with van der Waals surface area (Å²) in [4.78, 5) is 24.1. The lowest BCUT2D eigenvalue weighted by molar-refractivity contribution is -0.139. The highest BCUT2D eigenvalue weighted by atomic mass is 16.4. The number of nitrogens with two attached hydrogens (primary N) is 1. The van der Waals surface area contributed by atoms with E-state index < -0.39 is 12.0 Å². The van der Waals surface area contributed by atoms with E-state index in [2.05, 4.69) is 0 Å². The third kappa shape index (κ3) is 6.26. The Morgan fingerprint density at radius 2 is 1.76 bits per heavy atom.